The van der Waals surface area contributed by atoms with Gasteiger partial charge in [-0.3, -0.25) is 4.79 Å². The lowest BCUT2D eigenvalue weighted by molar-refractivity contribution is 0.0951. The predicted octanol–water partition coefficient (Wildman–Crippen LogP) is 4.92. The Labute approximate surface area is 179 Å². The van der Waals surface area contributed by atoms with Gasteiger partial charge in [0.05, 0.1) is 12.6 Å². The molecule has 0 spiro atoms. The zero-order valence-corrected chi connectivity index (χ0v) is 17.1. The molecular weight excluding hydrogens is 393 g/mol. The number of methoxy groups -OCH3 is 1. The van der Waals surface area contributed by atoms with E-state index in [2.05, 4.69) is 15.6 Å². The number of nitrogens with one attached hydrogen (secondary N) is 2. The van der Waals surface area contributed by atoms with E-state index in [1.54, 1.807) is 7.11 Å². The molecule has 6 heteroatoms. The van der Waals surface area contributed by atoms with Crippen LogP contribution in [0.2, 0.25) is 0 Å². The Balaban J connectivity index is 1.40. The van der Waals surface area contributed by atoms with E-state index in [0.717, 1.165) is 33.6 Å². The first-order valence-corrected chi connectivity index (χ1v) is 9.91. The van der Waals surface area contributed by atoms with Crippen LogP contribution in [0.25, 0.3) is 10.9 Å². The number of benzene rings is 3. The molecule has 3 aromatic carbocycles. The molecule has 0 saturated carbocycles. The first kappa shape index (κ1) is 20.3. The third kappa shape index (κ3) is 4.98. The highest BCUT2D eigenvalue weighted by Gasteiger charge is 2.07. The second-order valence-electron chi connectivity index (χ2n) is 7.08. The maximum absolute atomic E-state index is 13.0. The zero-order chi connectivity index (χ0) is 21.6. The molecule has 1 aromatic heterocycles. The summed E-state index contributed by atoms with van der Waals surface area (Å²) in [5.41, 5.74) is 3.30. The molecule has 0 bridgehead atoms. The van der Waals surface area contributed by atoms with Crippen molar-refractivity contribution in [2.75, 3.05) is 12.4 Å². The molecule has 0 aliphatic carbocycles. The number of halogens is 1. The van der Waals surface area contributed by atoms with E-state index in [9.17, 15) is 9.18 Å². The Morgan fingerprint density at radius 1 is 0.968 bits per heavy atom. The quantitative estimate of drug-likeness (QED) is 0.450. The van der Waals surface area contributed by atoms with Crippen molar-refractivity contribution in [2.24, 2.45) is 0 Å². The lowest BCUT2D eigenvalue weighted by atomic mass is 10.1. The van der Waals surface area contributed by atoms with Gasteiger partial charge in [-0.15, -0.1) is 0 Å². The SMILES string of the molecule is COc1ccccc1CNc1ccc2cc(CNC(=O)c3ccc(F)cc3)ccc2n1. The molecule has 0 atom stereocenters. The van der Waals surface area contributed by atoms with Gasteiger partial charge in [0.1, 0.15) is 17.4 Å². The maximum Gasteiger partial charge on any atom is 0.251 e. The molecule has 0 unspecified atom stereocenters. The number of para-hydroxylation sites is 1. The van der Waals surface area contributed by atoms with Gasteiger partial charge in [0.2, 0.25) is 0 Å². The lowest BCUT2D eigenvalue weighted by Crippen LogP contribution is -2.22. The number of hydrogen-bond donors (Lipinski definition) is 2. The summed E-state index contributed by atoms with van der Waals surface area (Å²) >= 11 is 0. The largest absolute Gasteiger partial charge is 0.496 e. The smallest absolute Gasteiger partial charge is 0.251 e. The molecule has 1 heterocycles. The topological polar surface area (TPSA) is 63.2 Å². The number of amides is 1. The van der Waals surface area contributed by atoms with Crippen LogP contribution < -0.4 is 15.4 Å². The fourth-order valence-corrected chi connectivity index (χ4v) is 3.30. The van der Waals surface area contributed by atoms with Gasteiger partial charge in [-0.2, -0.15) is 0 Å². The Bertz CT molecular complexity index is 1210. The molecule has 0 aliphatic rings. The van der Waals surface area contributed by atoms with Crippen molar-refractivity contribution in [1.29, 1.82) is 0 Å². The summed E-state index contributed by atoms with van der Waals surface area (Å²) in [6, 6.07) is 23.1. The van der Waals surface area contributed by atoms with E-state index < -0.39 is 0 Å². The van der Waals surface area contributed by atoms with E-state index in [1.807, 2.05) is 54.6 Å². The van der Waals surface area contributed by atoms with Gasteiger partial charge in [0, 0.05) is 29.6 Å². The summed E-state index contributed by atoms with van der Waals surface area (Å²) in [6.45, 7) is 0.982. The van der Waals surface area contributed by atoms with E-state index >= 15 is 0 Å². The molecule has 2 N–H and O–H groups in total. The van der Waals surface area contributed by atoms with Gasteiger partial charge in [-0.1, -0.05) is 24.3 Å². The first-order chi connectivity index (χ1) is 15.1. The fraction of sp³-hybridized carbons (Fsp3) is 0.120. The molecule has 0 aliphatic heterocycles. The summed E-state index contributed by atoms with van der Waals surface area (Å²) < 4.78 is 18.4. The third-order valence-electron chi connectivity index (χ3n) is 4.97. The van der Waals surface area contributed by atoms with Gasteiger partial charge >= 0.3 is 0 Å². The number of ether oxygens (including phenoxy) is 1. The highest BCUT2D eigenvalue weighted by atomic mass is 19.1. The third-order valence-corrected chi connectivity index (χ3v) is 4.97. The number of pyridine rings is 1. The number of anilines is 1. The molecule has 0 saturated heterocycles. The first-order valence-electron chi connectivity index (χ1n) is 9.91. The van der Waals surface area contributed by atoms with Crippen LogP contribution in [0, 0.1) is 5.82 Å². The summed E-state index contributed by atoms with van der Waals surface area (Å²) in [5, 5.41) is 7.17. The van der Waals surface area contributed by atoms with Crippen molar-refractivity contribution in [2.45, 2.75) is 13.1 Å². The summed E-state index contributed by atoms with van der Waals surface area (Å²) in [6.07, 6.45) is 0. The van der Waals surface area contributed by atoms with Gasteiger partial charge < -0.3 is 15.4 Å². The summed E-state index contributed by atoms with van der Waals surface area (Å²) in [5.74, 6) is 1.00. The molecule has 4 rings (SSSR count). The number of nitrogens with zero attached hydrogens (tertiary/aromatic N) is 1. The molecule has 0 fully saturated rings. The van der Waals surface area contributed by atoms with E-state index in [-0.39, 0.29) is 11.7 Å². The van der Waals surface area contributed by atoms with Gasteiger partial charge in [0.25, 0.3) is 5.91 Å². The van der Waals surface area contributed by atoms with E-state index in [0.29, 0.717) is 18.7 Å². The van der Waals surface area contributed by atoms with Crippen LogP contribution in [-0.4, -0.2) is 18.0 Å². The van der Waals surface area contributed by atoms with Crippen molar-refractivity contribution in [3.63, 3.8) is 0 Å². The highest BCUT2D eigenvalue weighted by Crippen LogP contribution is 2.21. The van der Waals surface area contributed by atoms with Gasteiger partial charge in [0.15, 0.2) is 0 Å². The Morgan fingerprint density at radius 2 is 1.77 bits per heavy atom. The monoisotopic (exact) mass is 415 g/mol. The van der Waals surface area contributed by atoms with Crippen LogP contribution in [0.15, 0.2) is 78.9 Å². The summed E-state index contributed by atoms with van der Waals surface area (Å²) in [4.78, 5) is 16.9. The van der Waals surface area contributed by atoms with E-state index in [4.69, 9.17) is 4.74 Å². The zero-order valence-electron chi connectivity index (χ0n) is 17.1. The Morgan fingerprint density at radius 3 is 2.58 bits per heavy atom. The van der Waals surface area contributed by atoms with Crippen LogP contribution in [0.3, 0.4) is 0 Å². The molecular formula is C25H22FN3O2. The molecule has 0 radical (unpaired) electrons. The van der Waals surface area contributed by atoms with Crippen molar-refractivity contribution >= 4 is 22.6 Å². The number of hydrogen-bond acceptors (Lipinski definition) is 4. The molecule has 4 aromatic rings. The molecule has 1 amide bonds. The second-order valence-corrected chi connectivity index (χ2v) is 7.08. The number of carbonyl (C=O) groups is 1. The minimum absolute atomic E-state index is 0.242. The van der Waals surface area contributed by atoms with Gasteiger partial charge in [-0.25, -0.2) is 9.37 Å². The normalized spacial score (nSPS) is 10.6. The Hall–Kier alpha value is -3.93. The highest BCUT2D eigenvalue weighted by molar-refractivity contribution is 5.94. The Kier molecular flexibility index (Phi) is 6.08. The molecule has 156 valence electrons. The van der Waals surface area contributed by atoms with Gasteiger partial charge in [-0.05, 0) is 60.2 Å². The maximum atomic E-state index is 13.0. The standard InChI is InChI=1S/C25H22FN3O2/c1-31-23-5-3-2-4-20(23)16-27-24-13-9-19-14-17(6-12-22(19)29-24)15-28-25(30)18-7-10-21(26)11-8-18/h2-14H,15-16H2,1H3,(H,27,29)(H,28,30). The second kappa shape index (κ2) is 9.26. The molecule has 31 heavy (non-hydrogen) atoms. The van der Waals surface area contributed by atoms with Crippen molar-refractivity contribution in [3.05, 3.63) is 101 Å². The van der Waals surface area contributed by atoms with Crippen molar-refractivity contribution in [3.8, 4) is 5.75 Å². The number of aromatic nitrogens is 1. The fourth-order valence-electron chi connectivity index (χ4n) is 3.30. The number of rotatable bonds is 7. The average Bonchev–Trinajstić information content (AvgIpc) is 2.81. The van der Waals surface area contributed by atoms with Crippen LogP contribution >= 0.6 is 0 Å². The lowest BCUT2D eigenvalue weighted by Gasteiger charge is -2.11. The van der Waals surface area contributed by atoms with Crippen LogP contribution in [0.1, 0.15) is 21.5 Å². The van der Waals surface area contributed by atoms with Crippen molar-refractivity contribution < 1.29 is 13.9 Å². The number of fused-ring (bicyclic) bond motifs is 1. The number of carbonyl (C=O) groups excluding carboxylic acids is 1. The van der Waals surface area contributed by atoms with Crippen LogP contribution in [0.4, 0.5) is 10.2 Å². The predicted molar refractivity (Wildman–Crippen MR) is 120 cm³/mol. The molecule has 5 nitrogen and oxygen atoms in total. The minimum atomic E-state index is -0.365. The average molecular weight is 415 g/mol. The van der Waals surface area contributed by atoms with Crippen molar-refractivity contribution in [1.82, 2.24) is 10.3 Å². The van der Waals surface area contributed by atoms with Crippen LogP contribution in [0.5, 0.6) is 5.75 Å². The minimum Gasteiger partial charge on any atom is -0.496 e. The van der Waals surface area contributed by atoms with Crippen LogP contribution in [-0.2, 0) is 13.1 Å². The summed E-state index contributed by atoms with van der Waals surface area (Å²) in [7, 11) is 1.66. The van der Waals surface area contributed by atoms with E-state index in [1.165, 1.54) is 24.3 Å².